The monoisotopic (exact) mass is 242 g/mol. The van der Waals surface area contributed by atoms with Gasteiger partial charge in [0.2, 0.25) is 0 Å². The van der Waals surface area contributed by atoms with Crippen LogP contribution < -0.4 is 5.73 Å². The van der Waals surface area contributed by atoms with E-state index in [4.69, 9.17) is 5.73 Å². The molecule has 0 saturated carbocycles. The third-order valence-electron chi connectivity index (χ3n) is 2.72. The fraction of sp³-hybridized carbons (Fsp3) is 0.727. The second-order valence-electron chi connectivity index (χ2n) is 4.01. The van der Waals surface area contributed by atoms with Crippen LogP contribution in [0.2, 0.25) is 0 Å². The standard InChI is InChI=1S/C11H18N2S2/c1-2-4-8(12)9-7-15-11(13-9)10-5-3-6-14-10/h7-8,10H,2-6,12H2,1H3. The molecule has 2 unspecified atom stereocenters. The molecule has 1 saturated heterocycles. The van der Waals surface area contributed by atoms with Crippen molar-refractivity contribution in [3.63, 3.8) is 0 Å². The minimum atomic E-state index is 0.145. The third kappa shape index (κ3) is 2.74. The molecule has 0 bridgehead atoms. The maximum Gasteiger partial charge on any atom is 0.106 e. The van der Waals surface area contributed by atoms with Crippen LogP contribution in [0.1, 0.15) is 54.6 Å². The van der Waals surface area contributed by atoms with Crippen LogP contribution in [0.25, 0.3) is 0 Å². The van der Waals surface area contributed by atoms with Gasteiger partial charge in [-0.25, -0.2) is 4.98 Å². The molecule has 1 aromatic rings. The zero-order chi connectivity index (χ0) is 10.7. The Morgan fingerprint density at radius 3 is 3.20 bits per heavy atom. The van der Waals surface area contributed by atoms with E-state index in [1.54, 1.807) is 11.3 Å². The number of nitrogens with two attached hydrogens (primary N) is 1. The molecule has 0 aliphatic carbocycles. The third-order valence-corrected chi connectivity index (χ3v) is 5.24. The molecule has 4 heteroatoms. The summed E-state index contributed by atoms with van der Waals surface area (Å²) < 4.78 is 0. The number of thiazole rings is 1. The Morgan fingerprint density at radius 1 is 1.67 bits per heavy atom. The number of hydrogen-bond acceptors (Lipinski definition) is 4. The molecule has 15 heavy (non-hydrogen) atoms. The van der Waals surface area contributed by atoms with E-state index in [0.29, 0.717) is 5.25 Å². The van der Waals surface area contributed by atoms with Gasteiger partial charge in [0.25, 0.3) is 0 Å². The van der Waals surface area contributed by atoms with Gasteiger partial charge in [0.05, 0.1) is 10.9 Å². The molecule has 1 aromatic heterocycles. The summed E-state index contributed by atoms with van der Waals surface area (Å²) in [5.41, 5.74) is 7.16. The van der Waals surface area contributed by atoms with Gasteiger partial charge >= 0.3 is 0 Å². The van der Waals surface area contributed by atoms with Gasteiger partial charge in [-0.3, -0.25) is 0 Å². The highest BCUT2D eigenvalue weighted by atomic mass is 32.2. The molecule has 0 amide bonds. The number of rotatable bonds is 4. The highest BCUT2D eigenvalue weighted by Crippen LogP contribution is 2.41. The summed E-state index contributed by atoms with van der Waals surface area (Å²) in [7, 11) is 0. The molecule has 2 rings (SSSR count). The lowest BCUT2D eigenvalue weighted by Crippen LogP contribution is -2.10. The molecule has 0 aromatic carbocycles. The molecular formula is C11H18N2S2. The van der Waals surface area contributed by atoms with E-state index in [-0.39, 0.29) is 6.04 Å². The second kappa shape index (κ2) is 5.32. The first kappa shape index (κ1) is 11.4. The first-order valence-electron chi connectivity index (χ1n) is 5.63. The molecule has 0 radical (unpaired) electrons. The molecule has 2 atom stereocenters. The van der Waals surface area contributed by atoms with Crippen molar-refractivity contribution in [1.82, 2.24) is 4.98 Å². The van der Waals surface area contributed by atoms with E-state index in [1.807, 2.05) is 11.8 Å². The maximum atomic E-state index is 6.05. The van der Waals surface area contributed by atoms with E-state index in [1.165, 1.54) is 23.6 Å². The van der Waals surface area contributed by atoms with Crippen LogP contribution in [0.15, 0.2) is 5.38 Å². The van der Waals surface area contributed by atoms with Gasteiger partial charge in [-0.15, -0.1) is 11.3 Å². The number of thioether (sulfide) groups is 1. The molecule has 1 aliphatic rings. The van der Waals surface area contributed by atoms with Crippen molar-refractivity contribution >= 4 is 23.1 Å². The van der Waals surface area contributed by atoms with Crippen molar-refractivity contribution < 1.29 is 0 Å². The maximum absolute atomic E-state index is 6.05. The van der Waals surface area contributed by atoms with E-state index in [9.17, 15) is 0 Å². The van der Waals surface area contributed by atoms with Crippen molar-refractivity contribution in [3.8, 4) is 0 Å². The van der Waals surface area contributed by atoms with Gasteiger partial charge in [-0.2, -0.15) is 11.8 Å². The predicted octanol–water partition coefficient (Wildman–Crippen LogP) is 3.51. The minimum absolute atomic E-state index is 0.145. The van der Waals surface area contributed by atoms with Crippen LogP contribution in [0, 0.1) is 0 Å². The molecule has 0 spiro atoms. The Hall–Kier alpha value is -0.0600. The van der Waals surface area contributed by atoms with Gasteiger partial charge in [0.1, 0.15) is 5.01 Å². The molecular weight excluding hydrogens is 224 g/mol. The highest BCUT2D eigenvalue weighted by Gasteiger charge is 2.21. The van der Waals surface area contributed by atoms with Crippen molar-refractivity contribution in [1.29, 1.82) is 0 Å². The largest absolute Gasteiger partial charge is 0.323 e. The van der Waals surface area contributed by atoms with E-state index in [2.05, 4.69) is 17.3 Å². The molecule has 2 N–H and O–H groups in total. The highest BCUT2D eigenvalue weighted by molar-refractivity contribution is 7.99. The Labute approximate surface area is 99.7 Å². The Kier molecular flexibility index (Phi) is 4.05. The number of nitrogens with zero attached hydrogens (tertiary/aromatic N) is 1. The zero-order valence-corrected chi connectivity index (χ0v) is 10.7. The normalized spacial score (nSPS) is 23.2. The van der Waals surface area contributed by atoms with E-state index < -0.39 is 0 Å². The average molecular weight is 242 g/mol. The predicted molar refractivity (Wildman–Crippen MR) is 68.4 cm³/mol. The fourth-order valence-corrected chi connectivity index (χ4v) is 4.26. The van der Waals surface area contributed by atoms with Crippen LogP contribution in [0.3, 0.4) is 0 Å². The van der Waals surface area contributed by atoms with Crippen LogP contribution >= 0.6 is 23.1 Å². The van der Waals surface area contributed by atoms with Crippen molar-refractivity contribution in [2.45, 2.75) is 43.9 Å². The summed E-state index contributed by atoms with van der Waals surface area (Å²) in [5.74, 6) is 1.29. The fourth-order valence-electron chi connectivity index (χ4n) is 1.85. The lowest BCUT2D eigenvalue weighted by Gasteiger charge is -2.06. The lowest BCUT2D eigenvalue weighted by atomic mass is 10.1. The molecule has 1 aliphatic heterocycles. The van der Waals surface area contributed by atoms with Crippen LogP contribution in [0.5, 0.6) is 0 Å². The molecule has 2 nitrogen and oxygen atoms in total. The van der Waals surface area contributed by atoms with Crippen molar-refractivity contribution in [2.24, 2.45) is 5.73 Å². The van der Waals surface area contributed by atoms with Crippen molar-refractivity contribution in [3.05, 3.63) is 16.1 Å². The topological polar surface area (TPSA) is 38.9 Å². The Morgan fingerprint density at radius 2 is 2.53 bits per heavy atom. The quantitative estimate of drug-likeness (QED) is 0.878. The van der Waals surface area contributed by atoms with Crippen LogP contribution in [-0.4, -0.2) is 10.7 Å². The molecule has 2 heterocycles. The SMILES string of the molecule is CCCC(N)c1csc(C2CCCS2)n1. The van der Waals surface area contributed by atoms with E-state index >= 15 is 0 Å². The van der Waals surface area contributed by atoms with Crippen molar-refractivity contribution in [2.75, 3.05) is 5.75 Å². The summed E-state index contributed by atoms with van der Waals surface area (Å²) in [5, 5.41) is 4.09. The summed E-state index contributed by atoms with van der Waals surface area (Å²) in [6, 6.07) is 0.145. The second-order valence-corrected chi connectivity index (χ2v) is 6.21. The van der Waals surface area contributed by atoms with Gasteiger partial charge in [0, 0.05) is 11.4 Å². The van der Waals surface area contributed by atoms with Gasteiger partial charge in [-0.1, -0.05) is 13.3 Å². The smallest absolute Gasteiger partial charge is 0.106 e. The van der Waals surface area contributed by atoms with Gasteiger partial charge in [-0.05, 0) is 25.0 Å². The van der Waals surface area contributed by atoms with Gasteiger partial charge < -0.3 is 5.73 Å². The van der Waals surface area contributed by atoms with E-state index in [0.717, 1.165) is 18.5 Å². The first-order valence-corrected chi connectivity index (χ1v) is 7.56. The Bertz CT molecular complexity index is 305. The van der Waals surface area contributed by atoms with Gasteiger partial charge in [0.15, 0.2) is 0 Å². The zero-order valence-electron chi connectivity index (χ0n) is 9.11. The number of aromatic nitrogens is 1. The molecule has 1 fully saturated rings. The summed E-state index contributed by atoms with van der Waals surface area (Å²) in [6.45, 7) is 2.17. The lowest BCUT2D eigenvalue weighted by molar-refractivity contribution is 0.622. The summed E-state index contributed by atoms with van der Waals surface area (Å²) >= 11 is 3.83. The minimum Gasteiger partial charge on any atom is -0.323 e. The van der Waals surface area contributed by atoms with Crippen LogP contribution in [-0.2, 0) is 0 Å². The average Bonchev–Trinajstić information content (AvgIpc) is 2.89. The summed E-state index contributed by atoms with van der Waals surface area (Å²) in [4.78, 5) is 4.68. The number of hydrogen-bond donors (Lipinski definition) is 1. The Balaban J connectivity index is 2.02. The summed E-state index contributed by atoms with van der Waals surface area (Å²) in [6.07, 6.45) is 4.80. The molecule has 84 valence electrons. The first-order chi connectivity index (χ1) is 7.31. The van der Waals surface area contributed by atoms with Crippen LogP contribution in [0.4, 0.5) is 0 Å².